The van der Waals surface area contributed by atoms with Crippen LogP contribution in [-0.2, 0) is 0 Å². The van der Waals surface area contributed by atoms with Crippen LogP contribution in [-0.4, -0.2) is 0 Å². The van der Waals surface area contributed by atoms with E-state index >= 15 is 0 Å². The summed E-state index contributed by atoms with van der Waals surface area (Å²) in [7, 11) is 0. The third-order valence-corrected chi connectivity index (χ3v) is 2.74. The Bertz CT molecular complexity index is 254. The van der Waals surface area contributed by atoms with Crippen molar-refractivity contribution >= 4 is 11.6 Å². The molecule has 1 rings (SSSR count). The van der Waals surface area contributed by atoms with Gasteiger partial charge in [0, 0.05) is 5.02 Å². The van der Waals surface area contributed by atoms with E-state index in [1.54, 1.807) is 0 Å². The van der Waals surface area contributed by atoms with Crippen LogP contribution in [0.2, 0.25) is 5.02 Å². The molecular formula is C12H17Cl. The first-order valence-corrected chi connectivity index (χ1v) is 5.32. The normalized spacial score (nSPS) is 10.8. The molecule has 0 saturated carbocycles. The zero-order chi connectivity index (χ0) is 9.84. The third kappa shape index (κ3) is 2.73. The standard InChI is InChI=1S/C12H17Cl/c1-4-10(5-2)11-6-9(3)7-12(13)8-11/h6-8,10H,4-5H2,1-3H3. The maximum absolute atomic E-state index is 6.01. The fourth-order valence-electron chi connectivity index (χ4n) is 1.76. The predicted octanol–water partition coefficient (Wildman–Crippen LogP) is 4.55. The van der Waals surface area contributed by atoms with Crippen molar-refractivity contribution in [2.45, 2.75) is 39.5 Å². The van der Waals surface area contributed by atoms with Gasteiger partial charge in [-0.3, -0.25) is 0 Å². The SMILES string of the molecule is CCC(CC)c1cc(C)cc(Cl)c1. The average molecular weight is 197 g/mol. The van der Waals surface area contributed by atoms with Gasteiger partial charge in [0.25, 0.3) is 0 Å². The van der Waals surface area contributed by atoms with Crippen molar-refractivity contribution < 1.29 is 0 Å². The zero-order valence-corrected chi connectivity index (χ0v) is 9.36. The number of rotatable bonds is 3. The number of hydrogen-bond donors (Lipinski definition) is 0. The quantitative estimate of drug-likeness (QED) is 0.665. The largest absolute Gasteiger partial charge is 0.0843 e. The van der Waals surface area contributed by atoms with Gasteiger partial charge in [-0.05, 0) is 48.9 Å². The van der Waals surface area contributed by atoms with E-state index in [0.29, 0.717) is 5.92 Å². The molecule has 0 spiro atoms. The highest BCUT2D eigenvalue weighted by molar-refractivity contribution is 6.30. The molecule has 1 heteroatoms. The third-order valence-electron chi connectivity index (χ3n) is 2.52. The molecule has 0 nitrogen and oxygen atoms in total. The highest BCUT2D eigenvalue weighted by Crippen LogP contribution is 2.26. The van der Waals surface area contributed by atoms with Crippen molar-refractivity contribution in [1.29, 1.82) is 0 Å². The van der Waals surface area contributed by atoms with Crippen LogP contribution in [0.3, 0.4) is 0 Å². The molecule has 0 unspecified atom stereocenters. The first-order chi connectivity index (χ1) is 6.17. The molecule has 0 fully saturated rings. The van der Waals surface area contributed by atoms with E-state index in [1.807, 2.05) is 6.07 Å². The molecule has 0 aromatic heterocycles. The summed E-state index contributed by atoms with van der Waals surface area (Å²) in [6.45, 7) is 6.55. The molecule has 0 aliphatic carbocycles. The van der Waals surface area contributed by atoms with E-state index in [2.05, 4.69) is 32.9 Å². The lowest BCUT2D eigenvalue weighted by molar-refractivity contribution is 0.641. The minimum atomic E-state index is 0.664. The number of benzene rings is 1. The average Bonchev–Trinajstić information content (AvgIpc) is 2.04. The van der Waals surface area contributed by atoms with Crippen molar-refractivity contribution in [3.63, 3.8) is 0 Å². The molecule has 0 N–H and O–H groups in total. The summed E-state index contributed by atoms with van der Waals surface area (Å²) in [5, 5.41) is 0.863. The minimum Gasteiger partial charge on any atom is -0.0843 e. The summed E-state index contributed by atoms with van der Waals surface area (Å²) in [6, 6.07) is 6.34. The van der Waals surface area contributed by atoms with Gasteiger partial charge in [0.05, 0.1) is 0 Å². The van der Waals surface area contributed by atoms with Crippen molar-refractivity contribution in [3.05, 3.63) is 34.3 Å². The molecule has 72 valence electrons. The molecule has 1 aromatic carbocycles. The van der Waals surface area contributed by atoms with Crippen molar-refractivity contribution in [1.82, 2.24) is 0 Å². The molecule has 13 heavy (non-hydrogen) atoms. The Balaban J connectivity index is 2.99. The van der Waals surface area contributed by atoms with Crippen molar-refractivity contribution in [3.8, 4) is 0 Å². The van der Waals surface area contributed by atoms with Crippen molar-refractivity contribution in [2.24, 2.45) is 0 Å². The lowest BCUT2D eigenvalue weighted by Gasteiger charge is -2.13. The Morgan fingerprint density at radius 3 is 2.23 bits per heavy atom. The van der Waals surface area contributed by atoms with Crippen LogP contribution in [0, 0.1) is 6.92 Å². The van der Waals surface area contributed by atoms with Crippen LogP contribution in [0.5, 0.6) is 0 Å². The first-order valence-electron chi connectivity index (χ1n) is 4.94. The highest BCUT2D eigenvalue weighted by Gasteiger charge is 2.07. The van der Waals surface area contributed by atoms with Crippen molar-refractivity contribution in [2.75, 3.05) is 0 Å². The molecule has 0 heterocycles. The van der Waals surface area contributed by atoms with Gasteiger partial charge >= 0.3 is 0 Å². The predicted molar refractivity (Wildman–Crippen MR) is 59.5 cm³/mol. The van der Waals surface area contributed by atoms with Gasteiger partial charge in [-0.1, -0.05) is 31.5 Å². The molecule has 1 aromatic rings. The second-order valence-corrected chi connectivity index (χ2v) is 4.01. The molecule has 0 atom stereocenters. The Morgan fingerprint density at radius 1 is 1.15 bits per heavy atom. The maximum Gasteiger partial charge on any atom is 0.0411 e. The molecule has 0 saturated heterocycles. The molecule has 0 aliphatic rings. The Hall–Kier alpha value is -0.490. The van der Waals surface area contributed by atoms with Gasteiger partial charge in [0.1, 0.15) is 0 Å². The number of halogens is 1. The summed E-state index contributed by atoms with van der Waals surface area (Å²) in [5.74, 6) is 0.664. The summed E-state index contributed by atoms with van der Waals surface area (Å²) >= 11 is 6.01. The fraction of sp³-hybridized carbons (Fsp3) is 0.500. The Kier molecular flexibility index (Phi) is 3.80. The highest BCUT2D eigenvalue weighted by atomic mass is 35.5. The topological polar surface area (TPSA) is 0 Å². The Labute approximate surface area is 85.9 Å². The van der Waals surface area contributed by atoms with Gasteiger partial charge in [0.2, 0.25) is 0 Å². The second kappa shape index (κ2) is 4.66. The van der Waals surface area contributed by atoms with E-state index in [1.165, 1.54) is 24.0 Å². The molecular weight excluding hydrogens is 180 g/mol. The summed E-state index contributed by atoms with van der Waals surface area (Å²) in [4.78, 5) is 0. The zero-order valence-electron chi connectivity index (χ0n) is 8.60. The van der Waals surface area contributed by atoms with Gasteiger partial charge in [-0.2, -0.15) is 0 Å². The van der Waals surface area contributed by atoms with Crippen LogP contribution < -0.4 is 0 Å². The monoisotopic (exact) mass is 196 g/mol. The summed E-state index contributed by atoms with van der Waals surface area (Å²) in [6.07, 6.45) is 2.38. The van der Waals surface area contributed by atoms with Gasteiger partial charge < -0.3 is 0 Å². The fourth-order valence-corrected chi connectivity index (χ4v) is 2.06. The molecule has 0 aliphatic heterocycles. The lowest BCUT2D eigenvalue weighted by atomic mass is 9.93. The summed E-state index contributed by atoms with van der Waals surface area (Å²) < 4.78 is 0. The Morgan fingerprint density at radius 2 is 1.77 bits per heavy atom. The van der Waals surface area contributed by atoms with E-state index in [-0.39, 0.29) is 0 Å². The van der Waals surface area contributed by atoms with E-state index in [0.717, 1.165) is 5.02 Å². The molecule has 0 radical (unpaired) electrons. The summed E-state index contributed by atoms with van der Waals surface area (Å²) in [5.41, 5.74) is 2.64. The van der Waals surface area contributed by atoms with Gasteiger partial charge in [0.15, 0.2) is 0 Å². The molecule has 0 bridgehead atoms. The van der Waals surface area contributed by atoms with Gasteiger partial charge in [-0.15, -0.1) is 0 Å². The van der Waals surface area contributed by atoms with Crippen LogP contribution >= 0.6 is 11.6 Å². The van der Waals surface area contributed by atoms with Gasteiger partial charge in [-0.25, -0.2) is 0 Å². The second-order valence-electron chi connectivity index (χ2n) is 3.58. The van der Waals surface area contributed by atoms with Crippen LogP contribution in [0.25, 0.3) is 0 Å². The number of hydrogen-bond acceptors (Lipinski definition) is 0. The molecule has 0 amide bonds. The van der Waals surface area contributed by atoms with E-state index < -0.39 is 0 Å². The van der Waals surface area contributed by atoms with Crippen LogP contribution in [0.1, 0.15) is 43.7 Å². The maximum atomic E-state index is 6.01. The van der Waals surface area contributed by atoms with Crippen LogP contribution in [0.4, 0.5) is 0 Å². The van der Waals surface area contributed by atoms with E-state index in [9.17, 15) is 0 Å². The van der Waals surface area contributed by atoms with Crippen LogP contribution in [0.15, 0.2) is 18.2 Å². The smallest absolute Gasteiger partial charge is 0.0411 e. The van der Waals surface area contributed by atoms with E-state index in [4.69, 9.17) is 11.6 Å². The minimum absolute atomic E-state index is 0.664. The number of aryl methyl sites for hydroxylation is 1. The lowest BCUT2D eigenvalue weighted by Crippen LogP contribution is -1.95. The first kappa shape index (κ1) is 10.6.